The molecule has 0 fully saturated rings. The third-order valence-corrected chi connectivity index (χ3v) is 2.84. The number of urea groups is 1. The van der Waals surface area contributed by atoms with E-state index in [2.05, 4.69) is 19.2 Å². The Kier molecular flexibility index (Phi) is 6.92. The Morgan fingerprint density at radius 1 is 1.06 bits per heavy atom. The van der Waals surface area contributed by atoms with Crippen LogP contribution in [0.15, 0.2) is 30.3 Å². The van der Waals surface area contributed by atoms with Crippen LogP contribution in [0.1, 0.15) is 39.5 Å². The summed E-state index contributed by atoms with van der Waals surface area (Å²) in [6.07, 6.45) is 4.44. The number of hydrogen-bond acceptors (Lipinski definition) is 1. The smallest absolute Gasteiger partial charge is 0.321 e. The highest BCUT2D eigenvalue weighted by Crippen LogP contribution is 2.08. The molecule has 1 N–H and O–H groups in total. The van der Waals surface area contributed by atoms with Gasteiger partial charge in [0.05, 0.1) is 0 Å². The number of benzene rings is 1. The Bertz CT molecular complexity index is 338. The van der Waals surface area contributed by atoms with Gasteiger partial charge in [-0.15, -0.1) is 0 Å². The molecular weight excluding hydrogens is 224 g/mol. The molecule has 1 aromatic rings. The average Bonchev–Trinajstić information content (AvgIpc) is 2.39. The summed E-state index contributed by atoms with van der Waals surface area (Å²) in [7, 11) is 0. The van der Waals surface area contributed by atoms with Gasteiger partial charge in [-0.25, -0.2) is 4.79 Å². The highest BCUT2D eigenvalue weighted by Gasteiger charge is 2.11. The van der Waals surface area contributed by atoms with Crippen molar-refractivity contribution >= 4 is 11.7 Å². The average molecular weight is 248 g/mol. The number of hydrogen-bond donors (Lipinski definition) is 1. The maximum absolute atomic E-state index is 12.1. The highest BCUT2D eigenvalue weighted by atomic mass is 16.2. The van der Waals surface area contributed by atoms with E-state index >= 15 is 0 Å². The molecule has 0 aliphatic heterocycles. The number of amides is 2. The van der Waals surface area contributed by atoms with Crippen LogP contribution in [0.3, 0.4) is 0 Å². The zero-order valence-electron chi connectivity index (χ0n) is 11.5. The van der Waals surface area contributed by atoms with Gasteiger partial charge < -0.3 is 10.2 Å². The van der Waals surface area contributed by atoms with E-state index in [9.17, 15) is 4.79 Å². The number of unbranched alkanes of at least 4 members (excludes halogenated alkanes) is 2. The quantitative estimate of drug-likeness (QED) is 0.723. The first-order valence-corrected chi connectivity index (χ1v) is 6.89. The van der Waals surface area contributed by atoms with E-state index in [1.165, 1.54) is 12.8 Å². The standard InChI is InChI=1S/C15H24N2O/c1-3-5-9-13-17(12-4-2)15(18)16-14-10-7-6-8-11-14/h6-8,10-11H,3-5,9,12-13H2,1-2H3,(H,16,18). The summed E-state index contributed by atoms with van der Waals surface area (Å²) in [4.78, 5) is 14.0. The number of carbonyl (C=O) groups excluding carboxylic acids is 1. The summed E-state index contributed by atoms with van der Waals surface area (Å²) in [6, 6.07) is 9.63. The van der Waals surface area contributed by atoms with Gasteiger partial charge in [0, 0.05) is 18.8 Å². The SMILES string of the molecule is CCCCCN(CCC)C(=O)Nc1ccccc1. The molecule has 0 saturated carbocycles. The minimum absolute atomic E-state index is 0.0131. The van der Waals surface area contributed by atoms with Crippen molar-refractivity contribution in [2.75, 3.05) is 18.4 Å². The van der Waals surface area contributed by atoms with Gasteiger partial charge in [0.25, 0.3) is 0 Å². The number of carbonyl (C=O) groups is 1. The summed E-state index contributed by atoms with van der Waals surface area (Å²) in [6.45, 7) is 5.94. The topological polar surface area (TPSA) is 32.3 Å². The number of anilines is 1. The first kappa shape index (κ1) is 14.6. The fourth-order valence-electron chi connectivity index (χ4n) is 1.86. The van der Waals surface area contributed by atoms with Crippen molar-refractivity contribution in [1.82, 2.24) is 4.90 Å². The van der Waals surface area contributed by atoms with E-state index in [0.717, 1.165) is 31.6 Å². The van der Waals surface area contributed by atoms with Gasteiger partial charge in [-0.1, -0.05) is 44.9 Å². The number of nitrogens with zero attached hydrogens (tertiary/aromatic N) is 1. The van der Waals surface area contributed by atoms with Crippen molar-refractivity contribution < 1.29 is 4.79 Å². The zero-order chi connectivity index (χ0) is 13.2. The third-order valence-electron chi connectivity index (χ3n) is 2.84. The van der Waals surface area contributed by atoms with Crippen LogP contribution in [0, 0.1) is 0 Å². The molecule has 0 unspecified atom stereocenters. The summed E-state index contributed by atoms with van der Waals surface area (Å²) in [5, 5.41) is 2.94. The molecule has 100 valence electrons. The van der Waals surface area contributed by atoms with Gasteiger partial charge in [0.1, 0.15) is 0 Å². The van der Waals surface area contributed by atoms with E-state index in [4.69, 9.17) is 0 Å². The van der Waals surface area contributed by atoms with E-state index < -0.39 is 0 Å². The molecule has 18 heavy (non-hydrogen) atoms. The largest absolute Gasteiger partial charge is 0.325 e. The molecule has 0 aliphatic carbocycles. The van der Waals surface area contributed by atoms with Crippen LogP contribution in [0.2, 0.25) is 0 Å². The number of nitrogens with one attached hydrogen (secondary N) is 1. The van der Waals surface area contributed by atoms with Gasteiger partial charge in [0.2, 0.25) is 0 Å². The minimum atomic E-state index is 0.0131. The van der Waals surface area contributed by atoms with Crippen LogP contribution in [0.4, 0.5) is 10.5 Å². The molecule has 0 saturated heterocycles. The third kappa shape index (κ3) is 5.21. The first-order chi connectivity index (χ1) is 8.77. The lowest BCUT2D eigenvalue weighted by atomic mass is 10.2. The number of rotatable bonds is 7. The molecule has 0 atom stereocenters. The number of para-hydroxylation sites is 1. The van der Waals surface area contributed by atoms with Crippen molar-refractivity contribution in [3.63, 3.8) is 0 Å². The van der Waals surface area contributed by atoms with Crippen molar-refractivity contribution in [2.24, 2.45) is 0 Å². The Morgan fingerprint density at radius 2 is 1.78 bits per heavy atom. The minimum Gasteiger partial charge on any atom is -0.325 e. The van der Waals surface area contributed by atoms with Gasteiger partial charge >= 0.3 is 6.03 Å². The molecule has 1 rings (SSSR count). The van der Waals surface area contributed by atoms with Crippen LogP contribution in [0.25, 0.3) is 0 Å². The summed E-state index contributed by atoms with van der Waals surface area (Å²) in [5.41, 5.74) is 0.860. The molecule has 3 nitrogen and oxygen atoms in total. The lowest BCUT2D eigenvalue weighted by Gasteiger charge is -2.22. The fraction of sp³-hybridized carbons (Fsp3) is 0.533. The molecule has 0 spiro atoms. The second-order valence-corrected chi connectivity index (χ2v) is 4.49. The molecule has 0 radical (unpaired) electrons. The van der Waals surface area contributed by atoms with Crippen LogP contribution in [-0.4, -0.2) is 24.0 Å². The fourth-order valence-corrected chi connectivity index (χ4v) is 1.86. The zero-order valence-corrected chi connectivity index (χ0v) is 11.5. The lowest BCUT2D eigenvalue weighted by molar-refractivity contribution is 0.210. The van der Waals surface area contributed by atoms with Crippen LogP contribution in [-0.2, 0) is 0 Å². The van der Waals surface area contributed by atoms with Gasteiger partial charge in [0.15, 0.2) is 0 Å². The van der Waals surface area contributed by atoms with Crippen molar-refractivity contribution in [2.45, 2.75) is 39.5 Å². The maximum atomic E-state index is 12.1. The second kappa shape index (κ2) is 8.56. The van der Waals surface area contributed by atoms with E-state index in [0.29, 0.717) is 0 Å². The molecule has 1 aromatic carbocycles. The van der Waals surface area contributed by atoms with E-state index in [1.54, 1.807) is 0 Å². The van der Waals surface area contributed by atoms with Crippen LogP contribution < -0.4 is 5.32 Å². The monoisotopic (exact) mass is 248 g/mol. The molecule has 2 amide bonds. The van der Waals surface area contributed by atoms with E-state index in [-0.39, 0.29) is 6.03 Å². The molecule has 0 aliphatic rings. The van der Waals surface area contributed by atoms with Crippen molar-refractivity contribution in [3.05, 3.63) is 30.3 Å². The van der Waals surface area contributed by atoms with Gasteiger partial charge in [-0.3, -0.25) is 0 Å². The normalized spacial score (nSPS) is 10.1. The van der Waals surface area contributed by atoms with Crippen LogP contribution in [0.5, 0.6) is 0 Å². The lowest BCUT2D eigenvalue weighted by Crippen LogP contribution is -2.36. The molecular formula is C15H24N2O. The molecule has 0 heterocycles. The van der Waals surface area contributed by atoms with E-state index in [1.807, 2.05) is 35.2 Å². The first-order valence-electron chi connectivity index (χ1n) is 6.89. The molecule has 0 aromatic heterocycles. The van der Waals surface area contributed by atoms with Crippen LogP contribution >= 0.6 is 0 Å². The Labute approximate surface area is 110 Å². The predicted molar refractivity (Wildman–Crippen MR) is 76.8 cm³/mol. The Hall–Kier alpha value is -1.51. The van der Waals surface area contributed by atoms with Crippen molar-refractivity contribution in [1.29, 1.82) is 0 Å². The summed E-state index contributed by atoms with van der Waals surface area (Å²) >= 11 is 0. The molecule has 3 heteroatoms. The van der Waals surface area contributed by atoms with Gasteiger partial charge in [-0.2, -0.15) is 0 Å². The van der Waals surface area contributed by atoms with Crippen molar-refractivity contribution in [3.8, 4) is 0 Å². The summed E-state index contributed by atoms with van der Waals surface area (Å²) < 4.78 is 0. The maximum Gasteiger partial charge on any atom is 0.321 e. The second-order valence-electron chi connectivity index (χ2n) is 4.49. The Morgan fingerprint density at radius 3 is 2.39 bits per heavy atom. The highest BCUT2D eigenvalue weighted by molar-refractivity contribution is 5.89. The molecule has 0 bridgehead atoms. The van der Waals surface area contributed by atoms with Gasteiger partial charge in [-0.05, 0) is 25.0 Å². The Balaban J connectivity index is 2.48. The summed E-state index contributed by atoms with van der Waals surface area (Å²) in [5.74, 6) is 0. The predicted octanol–water partition coefficient (Wildman–Crippen LogP) is 4.12.